The molecule has 2 rings (SSSR count). The molecule has 0 aliphatic rings. The summed E-state index contributed by atoms with van der Waals surface area (Å²) in [5.41, 5.74) is 0. The molecule has 0 saturated carbocycles. The predicted molar refractivity (Wildman–Crippen MR) is 90.9 cm³/mol. The Hall–Kier alpha value is -2.07. The maximum Gasteiger partial charge on any atom is 0.160 e. The molecule has 0 aromatic heterocycles. The molecule has 0 aliphatic carbocycles. The summed E-state index contributed by atoms with van der Waals surface area (Å²) in [5.74, 6) is 1.73. The van der Waals surface area contributed by atoms with Crippen LogP contribution in [0.1, 0.15) is 0 Å². The lowest BCUT2D eigenvalue weighted by molar-refractivity contribution is 0.179. The van der Waals surface area contributed by atoms with Gasteiger partial charge in [0.25, 0.3) is 0 Å². The quantitative estimate of drug-likeness (QED) is 0.420. The highest BCUT2D eigenvalue weighted by Gasteiger charge is 2.19. The van der Waals surface area contributed by atoms with Gasteiger partial charge in [0.15, 0.2) is 9.79 Å². The molecule has 1 atom stereocenters. The first kappa shape index (κ1) is 16.3. The summed E-state index contributed by atoms with van der Waals surface area (Å²) >= 11 is 0. The van der Waals surface area contributed by atoms with Crippen LogP contribution < -0.4 is 9.47 Å². The lowest BCUT2D eigenvalue weighted by Crippen LogP contribution is -2.04. The van der Waals surface area contributed by atoms with E-state index in [1.165, 1.54) is 16.1 Å². The topological polar surface area (TPSA) is 27.7 Å². The molecule has 116 valence electrons. The van der Waals surface area contributed by atoms with Gasteiger partial charge in [-0.2, -0.15) is 0 Å². The van der Waals surface area contributed by atoms with Gasteiger partial charge < -0.3 is 14.2 Å². The smallest absolute Gasteiger partial charge is 0.160 e. The van der Waals surface area contributed by atoms with Crippen molar-refractivity contribution < 1.29 is 14.2 Å². The van der Waals surface area contributed by atoms with E-state index in [1.54, 1.807) is 7.11 Å². The van der Waals surface area contributed by atoms with Gasteiger partial charge in [-0.1, -0.05) is 6.58 Å². The number of hydrogen-bond acceptors (Lipinski definition) is 3. The monoisotopic (exact) mass is 317 g/mol. The van der Waals surface area contributed by atoms with Gasteiger partial charge in [0.05, 0.1) is 24.3 Å². The van der Waals surface area contributed by atoms with Crippen molar-refractivity contribution in [1.29, 1.82) is 0 Å². The van der Waals surface area contributed by atoms with E-state index in [4.69, 9.17) is 14.2 Å². The summed E-state index contributed by atoms with van der Waals surface area (Å²) in [4.78, 5) is 2.56. The molecule has 0 fully saturated rings. The van der Waals surface area contributed by atoms with Crippen molar-refractivity contribution in [3.05, 3.63) is 61.4 Å². The van der Waals surface area contributed by atoms with Crippen molar-refractivity contribution in [3.63, 3.8) is 0 Å². The second-order valence-corrected chi connectivity index (χ2v) is 6.51. The summed E-state index contributed by atoms with van der Waals surface area (Å²) in [5, 5.41) is 0. The Kier molecular flexibility index (Phi) is 6.22. The maximum absolute atomic E-state index is 5.59. The zero-order valence-electron chi connectivity index (χ0n) is 13.0. The summed E-state index contributed by atoms with van der Waals surface area (Å²) in [6, 6.07) is 16.4. The Morgan fingerprint density at radius 2 is 1.45 bits per heavy atom. The van der Waals surface area contributed by atoms with Crippen LogP contribution in [0.2, 0.25) is 0 Å². The SMILES string of the molecule is C=COCCOc1ccc([S+](C)c2ccc(OC)cc2)cc1. The van der Waals surface area contributed by atoms with E-state index in [0.29, 0.717) is 13.2 Å². The fraction of sp³-hybridized carbons (Fsp3) is 0.222. The summed E-state index contributed by atoms with van der Waals surface area (Å²) in [6.45, 7) is 4.52. The van der Waals surface area contributed by atoms with Crippen LogP contribution in [-0.2, 0) is 15.6 Å². The van der Waals surface area contributed by atoms with E-state index in [-0.39, 0.29) is 10.9 Å². The van der Waals surface area contributed by atoms with Gasteiger partial charge in [0.2, 0.25) is 0 Å². The Morgan fingerprint density at radius 1 is 0.909 bits per heavy atom. The third-order valence-electron chi connectivity index (χ3n) is 3.18. The van der Waals surface area contributed by atoms with Crippen LogP contribution in [0.25, 0.3) is 0 Å². The highest BCUT2D eigenvalue weighted by atomic mass is 32.2. The van der Waals surface area contributed by atoms with E-state index in [2.05, 4.69) is 37.1 Å². The largest absolute Gasteiger partial charge is 0.498 e. The molecule has 0 amide bonds. The summed E-state index contributed by atoms with van der Waals surface area (Å²) in [6.07, 6.45) is 3.64. The Bertz CT molecular complexity index is 578. The zero-order chi connectivity index (χ0) is 15.8. The van der Waals surface area contributed by atoms with Crippen LogP contribution in [-0.4, -0.2) is 26.6 Å². The second kappa shape index (κ2) is 8.39. The van der Waals surface area contributed by atoms with Crippen LogP contribution in [0.5, 0.6) is 11.5 Å². The number of methoxy groups -OCH3 is 1. The van der Waals surface area contributed by atoms with E-state index < -0.39 is 0 Å². The molecule has 3 nitrogen and oxygen atoms in total. The Labute approximate surface area is 134 Å². The number of benzene rings is 2. The van der Waals surface area contributed by atoms with Crippen LogP contribution in [0.4, 0.5) is 0 Å². The number of ether oxygens (including phenoxy) is 3. The molecule has 0 radical (unpaired) electrons. The van der Waals surface area contributed by atoms with Gasteiger partial charge >= 0.3 is 0 Å². The zero-order valence-corrected chi connectivity index (χ0v) is 13.8. The normalized spacial score (nSPS) is 11.5. The maximum atomic E-state index is 5.59. The number of hydrogen-bond donors (Lipinski definition) is 0. The van der Waals surface area contributed by atoms with Crippen molar-refractivity contribution in [1.82, 2.24) is 0 Å². The lowest BCUT2D eigenvalue weighted by Gasteiger charge is -2.07. The average molecular weight is 317 g/mol. The third-order valence-corrected chi connectivity index (χ3v) is 5.14. The van der Waals surface area contributed by atoms with Crippen LogP contribution in [0, 0.1) is 0 Å². The molecular formula is C18H21O3S+. The molecule has 2 aromatic carbocycles. The molecule has 0 spiro atoms. The van der Waals surface area contributed by atoms with Crippen LogP contribution in [0.3, 0.4) is 0 Å². The molecule has 0 N–H and O–H groups in total. The standard InChI is InChI=1S/C18H21O3S/c1-4-20-13-14-21-16-7-11-18(12-8-16)22(3)17-9-5-15(19-2)6-10-17/h4-12H,1,13-14H2,2-3H3/q+1. The van der Waals surface area contributed by atoms with Crippen LogP contribution >= 0.6 is 0 Å². The fourth-order valence-electron chi connectivity index (χ4n) is 1.95. The van der Waals surface area contributed by atoms with Crippen LogP contribution in [0.15, 0.2) is 71.2 Å². The first-order valence-electron chi connectivity index (χ1n) is 7.00. The van der Waals surface area contributed by atoms with Crippen molar-refractivity contribution in [2.75, 3.05) is 26.6 Å². The van der Waals surface area contributed by atoms with E-state index in [0.717, 1.165) is 11.5 Å². The molecule has 0 bridgehead atoms. The van der Waals surface area contributed by atoms with Gasteiger partial charge in [-0.3, -0.25) is 0 Å². The highest BCUT2D eigenvalue weighted by molar-refractivity contribution is 7.96. The molecular weight excluding hydrogens is 296 g/mol. The fourth-order valence-corrected chi connectivity index (χ4v) is 3.31. The highest BCUT2D eigenvalue weighted by Crippen LogP contribution is 2.25. The van der Waals surface area contributed by atoms with Crippen molar-refractivity contribution in [2.24, 2.45) is 0 Å². The third kappa shape index (κ3) is 4.46. The van der Waals surface area contributed by atoms with Crippen molar-refractivity contribution in [2.45, 2.75) is 9.79 Å². The van der Waals surface area contributed by atoms with Gasteiger partial charge in [-0.05, 0) is 48.5 Å². The summed E-state index contributed by atoms with van der Waals surface area (Å²) < 4.78 is 15.8. The average Bonchev–Trinajstić information content (AvgIpc) is 2.59. The minimum absolute atomic E-state index is 0.0269. The first-order valence-corrected chi connectivity index (χ1v) is 8.63. The summed E-state index contributed by atoms with van der Waals surface area (Å²) in [7, 11) is 1.71. The molecule has 4 heteroatoms. The molecule has 22 heavy (non-hydrogen) atoms. The van der Waals surface area contributed by atoms with E-state index >= 15 is 0 Å². The molecule has 2 aromatic rings. The number of rotatable bonds is 8. The van der Waals surface area contributed by atoms with Crippen molar-refractivity contribution >= 4 is 10.9 Å². The Morgan fingerprint density at radius 3 is 1.95 bits per heavy atom. The van der Waals surface area contributed by atoms with E-state index in [1.807, 2.05) is 24.3 Å². The predicted octanol–water partition coefficient (Wildman–Crippen LogP) is 3.90. The lowest BCUT2D eigenvalue weighted by atomic mass is 10.3. The minimum atomic E-state index is 0.0269. The van der Waals surface area contributed by atoms with Gasteiger partial charge in [0, 0.05) is 0 Å². The second-order valence-electron chi connectivity index (χ2n) is 4.54. The van der Waals surface area contributed by atoms with Gasteiger partial charge in [-0.15, -0.1) is 0 Å². The van der Waals surface area contributed by atoms with Gasteiger partial charge in [-0.25, -0.2) is 0 Å². The van der Waals surface area contributed by atoms with E-state index in [9.17, 15) is 0 Å². The molecule has 0 heterocycles. The molecule has 1 unspecified atom stereocenters. The Balaban J connectivity index is 1.97. The van der Waals surface area contributed by atoms with Gasteiger partial charge in [0.1, 0.15) is 31.0 Å². The minimum Gasteiger partial charge on any atom is -0.498 e. The first-order chi connectivity index (χ1) is 10.7. The molecule has 0 aliphatic heterocycles. The van der Waals surface area contributed by atoms with Crippen molar-refractivity contribution in [3.8, 4) is 11.5 Å². The molecule has 0 saturated heterocycles.